The van der Waals surface area contributed by atoms with Crippen LogP contribution in [0.2, 0.25) is 5.02 Å². The number of halogens is 2. The van der Waals surface area contributed by atoms with E-state index >= 15 is 0 Å². The Morgan fingerprint density at radius 3 is 2.83 bits per heavy atom. The van der Waals surface area contributed by atoms with Crippen LogP contribution in [0.15, 0.2) is 48.8 Å². The summed E-state index contributed by atoms with van der Waals surface area (Å²) in [5, 5.41) is 6.69. The molecule has 2 aromatic carbocycles. The van der Waals surface area contributed by atoms with Crippen molar-refractivity contribution in [1.82, 2.24) is 14.9 Å². The first-order chi connectivity index (χ1) is 20.4. The van der Waals surface area contributed by atoms with Crippen molar-refractivity contribution in [2.75, 3.05) is 50.1 Å². The summed E-state index contributed by atoms with van der Waals surface area (Å²) >= 11 is 5.95. The van der Waals surface area contributed by atoms with Crippen LogP contribution in [0, 0.1) is 11.7 Å². The standard InChI is InChI=1S/C30H31ClFN5O5/c31-22-12-20(5-6-23(22)32)35-29-21-13-25(26(41-16-19-3-4-19)14-24(21)33-18-34-29)36-27(38)2-1-9-37-15-28(39)42-30(17-37)7-10-40-11-8-30/h1-2,5-6,12-14,18-19H,3-4,7-11,15-17H2,(H,36,38)(H,33,34,35). The number of carbonyl (C=O) groups is 2. The molecule has 0 unspecified atom stereocenters. The van der Waals surface area contributed by atoms with Crippen molar-refractivity contribution in [2.24, 2.45) is 5.92 Å². The smallest absolute Gasteiger partial charge is 0.320 e. The number of fused-ring (bicyclic) bond motifs is 1. The molecule has 1 aliphatic carbocycles. The van der Waals surface area contributed by atoms with Crippen molar-refractivity contribution in [1.29, 1.82) is 0 Å². The summed E-state index contributed by atoms with van der Waals surface area (Å²) in [6, 6.07) is 7.83. The van der Waals surface area contributed by atoms with Crippen LogP contribution < -0.4 is 15.4 Å². The number of ether oxygens (including phenoxy) is 3. The molecule has 3 heterocycles. The van der Waals surface area contributed by atoms with Gasteiger partial charge in [-0.25, -0.2) is 14.4 Å². The van der Waals surface area contributed by atoms with E-state index in [0.29, 0.717) is 85.5 Å². The van der Waals surface area contributed by atoms with Gasteiger partial charge in [-0.15, -0.1) is 0 Å². The quantitative estimate of drug-likeness (QED) is 0.264. The predicted molar refractivity (Wildman–Crippen MR) is 156 cm³/mol. The van der Waals surface area contributed by atoms with E-state index < -0.39 is 11.4 Å². The Balaban J connectivity index is 1.19. The van der Waals surface area contributed by atoms with Gasteiger partial charge >= 0.3 is 5.97 Å². The number of carbonyl (C=O) groups excluding carboxylic acids is 2. The number of amides is 1. The lowest BCUT2D eigenvalue weighted by Crippen LogP contribution is -2.56. The highest BCUT2D eigenvalue weighted by Gasteiger charge is 2.41. The van der Waals surface area contributed by atoms with Crippen molar-refractivity contribution in [3.63, 3.8) is 0 Å². The van der Waals surface area contributed by atoms with Crippen LogP contribution in [0.5, 0.6) is 5.75 Å². The Morgan fingerprint density at radius 2 is 2.05 bits per heavy atom. The first-order valence-corrected chi connectivity index (χ1v) is 14.4. The Hall–Kier alpha value is -3.80. The highest BCUT2D eigenvalue weighted by molar-refractivity contribution is 6.31. The van der Waals surface area contributed by atoms with E-state index in [4.69, 9.17) is 25.8 Å². The average Bonchev–Trinajstić information content (AvgIpc) is 3.79. The molecule has 1 saturated carbocycles. The van der Waals surface area contributed by atoms with E-state index in [-0.39, 0.29) is 23.4 Å². The van der Waals surface area contributed by atoms with Crippen molar-refractivity contribution >= 4 is 51.6 Å². The third-order valence-electron chi connectivity index (χ3n) is 7.58. The van der Waals surface area contributed by atoms with E-state index in [2.05, 4.69) is 20.6 Å². The number of nitrogens with zero attached hydrogens (tertiary/aromatic N) is 3. The number of nitrogens with one attached hydrogen (secondary N) is 2. The molecule has 1 amide bonds. The maximum Gasteiger partial charge on any atom is 0.320 e. The van der Waals surface area contributed by atoms with Gasteiger partial charge in [-0.2, -0.15) is 0 Å². The fourth-order valence-corrected chi connectivity index (χ4v) is 5.35. The second-order valence-corrected chi connectivity index (χ2v) is 11.3. The Kier molecular flexibility index (Phi) is 8.23. The fraction of sp³-hybridized carbons (Fsp3) is 0.400. The predicted octanol–water partition coefficient (Wildman–Crippen LogP) is 4.86. The SMILES string of the molecule is O=C(C=CCN1CC(=O)OC2(CCOCC2)C1)Nc1cc2c(Nc3ccc(F)c(Cl)c3)ncnc2cc1OCC1CC1. The number of hydrogen-bond acceptors (Lipinski definition) is 9. The molecule has 42 heavy (non-hydrogen) atoms. The molecule has 0 radical (unpaired) electrons. The minimum absolute atomic E-state index is 0.0155. The van der Waals surface area contributed by atoms with Crippen LogP contribution in [0.25, 0.3) is 10.9 Å². The second-order valence-electron chi connectivity index (χ2n) is 10.9. The van der Waals surface area contributed by atoms with Crippen LogP contribution in [0.1, 0.15) is 25.7 Å². The topological polar surface area (TPSA) is 115 Å². The summed E-state index contributed by atoms with van der Waals surface area (Å²) in [6.45, 7) is 2.88. The van der Waals surface area contributed by atoms with E-state index in [1.165, 1.54) is 24.5 Å². The van der Waals surface area contributed by atoms with Crippen LogP contribution in [0.3, 0.4) is 0 Å². The maximum atomic E-state index is 13.7. The largest absolute Gasteiger partial charge is 0.491 e. The van der Waals surface area contributed by atoms with Gasteiger partial charge in [0, 0.05) is 49.1 Å². The van der Waals surface area contributed by atoms with E-state index in [0.717, 1.165) is 12.8 Å². The molecular formula is C30H31ClFN5O5. The number of esters is 1. The second kappa shape index (κ2) is 12.2. The summed E-state index contributed by atoms with van der Waals surface area (Å²) in [7, 11) is 0. The molecular weight excluding hydrogens is 565 g/mol. The Bertz CT molecular complexity index is 1530. The van der Waals surface area contributed by atoms with Gasteiger partial charge in [0.2, 0.25) is 5.91 Å². The molecule has 1 spiro atoms. The number of hydrogen-bond donors (Lipinski definition) is 2. The summed E-state index contributed by atoms with van der Waals surface area (Å²) in [5.74, 6) is 0.345. The number of anilines is 3. The molecule has 0 atom stereocenters. The Morgan fingerprint density at radius 1 is 1.21 bits per heavy atom. The van der Waals surface area contributed by atoms with E-state index in [9.17, 15) is 14.0 Å². The van der Waals surface area contributed by atoms with Crippen LogP contribution in [0.4, 0.5) is 21.6 Å². The normalized spacial score (nSPS) is 18.8. The number of aromatic nitrogens is 2. The molecule has 0 bridgehead atoms. The zero-order valence-corrected chi connectivity index (χ0v) is 23.7. The van der Waals surface area contributed by atoms with Gasteiger partial charge in [0.05, 0.1) is 42.6 Å². The van der Waals surface area contributed by atoms with Gasteiger partial charge in [-0.05, 0) is 43.0 Å². The van der Waals surface area contributed by atoms with Crippen molar-refractivity contribution in [2.45, 2.75) is 31.3 Å². The zero-order valence-electron chi connectivity index (χ0n) is 22.9. The van der Waals surface area contributed by atoms with Crippen LogP contribution in [-0.4, -0.2) is 71.8 Å². The number of benzene rings is 2. The van der Waals surface area contributed by atoms with Crippen molar-refractivity contribution in [3.05, 3.63) is 59.7 Å². The summed E-state index contributed by atoms with van der Waals surface area (Å²) < 4.78 is 30.9. The lowest BCUT2D eigenvalue weighted by Gasteiger charge is -2.43. The van der Waals surface area contributed by atoms with Crippen LogP contribution >= 0.6 is 11.6 Å². The van der Waals surface area contributed by atoms with Gasteiger partial charge in [-0.3, -0.25) is 14.5 Å². The Labute approximate surface area is 247 Å². The molecule has 10 nitrogen and oxygen atoms in total. The van der Waals surface area contributed by atoms with Gasteiger partial charge in [0.25, 0.3) is 0 Å². The lowest BCUT2D eigenvalue weighted by molar-refractivity contribution is -0.185. The molecule has 220 valence electrons. The van der Waals surface area contributed by atoms with Crippen LogP contribution in [-0.2, 0) is 19.1 Å². The summed E-state index contributed by atoms with van der Waals surface area (Å²) in [5.41, 5.74) is 1.11. The molecule has 12 heteroatoms. The molecule has 3 fully saturated rings. The summed E-state index contributed by atoms with van der Waals surface area (Å²) in [4.78, 5) is 36.0. The molecule has 2 N–H and O–H groups in total. The van der Waals surface area contributed by atoms with E-state index in [1.54, 1.807) is 24.3 Å². The molecule has 2 aliphatic heterocycles. The lowest BCUT2D eigenvalue weighted by atomic mass is 9.92. The monoisotopic (exact) mass is 595 g/mol. The van der Waals surface area contributed by atoms with Gasteiger partial charge in [0.15, 0.2) is 0 Å². The summed E-state index contributed by atoms with van der Waals surface area (Å²) in [6.07, 6.45) is 8.18. The molecule has 3 aromatic rings. The maximum absolute atomic E-state index is 13.7. The fourth-order valence-electron chi connectivity index (χ4n) is 5.17. The van der Waals surface area contributed by atoms with Crippen molar-refractivity contribution in [3.8, 4) is 5.75 Å². The molecule has 2 saturated heterocycles. The third-order valence-corrected chi connectivity index (χ3v) is 7.87. The number of morpholine rings is 1. The minimum Gasteiger partial charge on any atom is -0.491 e. The average molecular weight is 596 g/mol. The first kappa shape index (κ1) is 28.3. The van der Waals surface area contributed by atoms with E-state index in [1.807, 2.05) is 4.90 Å². The molecule has 3 aliphatic rings. The minimum atomic E-state index is -0.520. The highest BCUT2D eigenvalue weighted by Crippen LogP contribution is 2.36. The van der Waals surface area contributed by atoms with Crippen molar-refractivity contribution < 1.29 is 28.2 Å². The third kappa shape index (κ3) is 6.80. The number of rotatable bonds is 9. The van der Waals surface area contributed by atoms with Gasteiger partial charge in [0.1, 0.15) is 29.3 Å². The van der Waals surface area contributed by atoms with Gasteiger partial charge in [-0.1, -0.05) is 17.7 Å². The zero-order chi connectivity index (χ0) is 29.1. The molecule has 6 rings (SSSR count). The first-order valence-electron chi connectivity index (χ1n) is 14.0. The highest BCUT2D eigenvalue weighted by atomic mass is 35.5. The van der Waals surface area contributed by atoms with Gasteiger partial charge < -0.3 is 24.8 Å². The molecule has 1 aromatic heterocycles.